The van der Waals surface area contributed by atoms with Gasteiger partial charge in [-0.3, -0.25) is 4.79 Å². The number of hydrogen-bond acceptors (Lipinski definition) is 4. The van der Waals surface area contributed by atoms with Crippen molar-refractivity contribution in [2.75, 3.05) is 13.2 Å². The first-order valence-electron chi connectivity index (χ1n) is 7.81. The molecule has 5 nitrogen and oxygen atoms in total. The van der Waals surface area contributed by atoms with Crippen molar-refractivity contribution in [3.8, 4) is 5.75 Å². The van der Waals surface area contributed by atoms with E-state index >= 15 is 0 Å². The van der Waals surface area contributed by atoms with E-state index in [2.05, 4.69) is 5.32 Å². The van der Waals surface area contributed by atoms with Gasteiger partial charge in [-0.1, -0.05) is 18.2 Å². The molecule has 0 radical (unpaired) electrons. The summed E-state index contributed by atoms with van der Waals surface area (Å²) in [5.74, 6) is 1.05. The Morgan fingerprint density at radius 1 is 1.35 bits per heavy atom. The molecule has 1 aromatic carbocycles. The molecule has 1 aromatic heterocycles. The number of carbonyl (C=O) groups is 1. The SMILES string of the molecule is Cc1ccccc1OCC(=O)NC[C@](O)(c1ccco1)C1CC1. The van der Waals surface area contributed by atoms with Crippen molar-refractivity contribution in [3.05, 3.63) is 54.0 Å². The first-order valence-corrected chi connectivity index (χ1v) is 7.81. The lowest BCUT2D eigenvalue weighted by molar-refractivity contribution is -0.125. The number of hydrogen-bond donors (Lipinski definition) is 2. The van der Waals surface area contributed by atoms with E-state index in [1.165, 1.54) is 6.26 Å². The molecule has 1 saturated carbocycles. The van der Waals surface area contributed by atoms with Crippen molar-refractivity contribution in [2.45, 2.75) is 25.4 Å². The van der Waals surface area contributed by atoms with Gasteiger partial charge in [0.05, 0.1) is 12.8 Å². The Morgan fingerprint density at radius 3 is 2.78 bits per heavy atom. The van der Waals surface area contributed by atoms with E-state index in [0.29, 0.717) is 11.5 Å². The van der Waals surface area contributed by atoms with Crippen LogP contribution in [-0.2, 0) is 10.4 Å². The third kappa shape index (κ3) is 3.56. The molecule has 5 heteroatoms. The van der Waals surface area contributed by atoms with Crippen molar-refractivity contribution in [1.82, 2.24) is 5.32 Å². The highest BCUT2D eigenvalue weighted by atomic mass is 16.5. The Kier molecular flexibility index (Phi) is 4.39. The summed E-state index contributed by atoms with van der Waals surface area (Å²) in [5, 5.41) is 13.6. The normalized spacial score (nSPS) is 16.6. The lowest BCUT2D eigenvalue weighted by Crippen LogP contribution is -2.43. The average Bonchev–Trinajstić information content (AvgIpc) is 3.27. The van der Waals surface area contributed by atoms with Gasteiger partial charge in [0, 0.05) is 0 Å². The number of para-hydroxylation sites is 1. The zero-order chi connectivity index (χ0) is 16.3. The van der Waals surface area contributed by atoms with Gasteiger partial charge in [0.15, 0.2) is 6.61 Å². The van der Waals surface area contributed by atoms with Gasteiger partial charge in [-0.15, -0.1) is 0 Å². The number of benzene rings is 1. The summed E-state index contributed by atoms with van der Waals surface area (Å²) in [6.07, 6.45) is 3.41. The predicted molar refractivity (Wildman–Crippen MR) is 85.0 cm³/mol. The maximum absolute atomic E-state index is 12.0. The van der Waals surface area contributed by atoms with E-state index in [1.54, 1.807) is 12.1 Å². The standard InChI is InChI=1S/C18H21NO4/c1-13-5-2-3-6-15(13)23-11-17(20)19-12-18(21,14-8-9-14)16-7-4-10-22-16/h2-7,10,14,21H,8-9,11-12H2,1H3,(H,19,20)/t18-/m1/s1. The van der Waals surface area contributed by atoms with Crippen LogP contribution in [0.5, 0.6) is 5.75 Å². The minimum atomic E-state index is -1.14. The van der Waals surface area contributed by atoms with Crippen LogP contribution in [0.2, 0.25) is 0 Å². The summed E-state index contributed by atoms with van der Waals surface area (Å²) < 4.78 is 10.9. The molecule has 1 aliphatic carbocycles. The second-order valence-electron chi connectivity index (χ2n) is 6.01. The van der Waals surface area contributed by atoms with Crippen molar-refractivity contribution >= 4 is 5.91 Å². The first-order chi connectivity index (χ1) is 11.1. The summed E-state index contributed by atoms with van der Waals surface area (Å²) in [6, 6.07) is 11.0. The van der Waals surface area contributed by atoms with Crippen LogP contribution in [-0.4, -0.2) is 24.2 Å². The highest BCUT2D eigenvalue weighted by molar-refractivity contribution is 5.77. The van der Waals surface area contributed by atoms with Crippen LogP contribution in [0.25, 0.3) is 0 Å². The minimum Gasteiger partial charge on any atom is -0.484 e. The molecule has 1 heterocycles. The number of amides is 1. The molecule has 1 amide bonds. The monoisotopic (exact) mass is 315 g/mol. The Bertz CT molecular complexity index is 663. The van der Waals surface area contributed by atoms with Crippen LogP contribution in [0.15, 0.2) is 47.1 Å². The quantitative estimate of drug-likeness (QED) is 0.823. The number of ether oxygens (including phenoxy) is 1. The molecule has 1 atom stereocenters. The van der Waals surface area contributed by atoms with Gasteiger partial charge in [-0.25, -0.2) is 0 Å². The van der Waals surface area contributed by atoms with Crippen LogP contribution in [0, 0.1) is 12.8 Å². The fraction of sp³-hybridized carbons (Fsp3) is 0.389. The number of rotatable bonds is 7. The van der Waals surface area contributed by atoms with Crippen LogP contribution >= 0.6 is 0 Å². The molecule has 3 rings (SSSR count). The number of aliphatic hydroxyl groups is 1. The zero-order valence-electron chi connectivity index (χ0n) is 13.1. The summed E-state index contributed by atoms with van der Waals surface area (Å²) >= 11 is 0. The maximum Gasteiger partial charge on any atom is 0.258 e. The molecule has 2 N–H and O–H groups in total. The average molecular weight is 315 g/mol. The van der Waals surface area contributed by atoms with E-state index in [4.69, 9.17) is 9.15 Å². The third-order valence-corrected chi connectivity index (χ3v) is 4.21. The van der Waals surface area contributed by atoms with Gasteiger partial charge in [-0.2, -0.15) is 0 Å². The molecule has 2 aromatic rings. The van der Waals surface area contributed by atoms with Gasteiger partial charge in [0.2, 0.25) is 0 Å². The first kappa shape index (κ1) is 15.6. The molecule has 1 aliphatic rings. The highest BCUT2D eigenvalue weighted by Crippen LogP contribution is 2.45. The fourth-order valence-corrected chi connectivity index (χ4v) is 2.66. The van der Waals surface area contributed by atoms with Crippen molar-refractivity contribution in [1.29, 1.82) is 0 Å². The zero-order valence-corrected chi connectivity index (χ0v) is 13.1. The Morgan fingerprint density at radius 2 is 2.13 bits per heavy atom. The lowest BCUT2D eigenvalue weighted by atomic mass is 9.94. The molecule has 0 unspecified atom stereocenters. The van der Waals surface area contributed by atoms with E-state index in [9.17, 15) is 9.90 Å². The van der Waals surface area contributed by atoms with E-state index in [-0.39, 0.29) is 25.0 Å². The summed E-state index contributed by atoms with van der Waals surface area (Å²) in [5.41, 5.74) is -0.160. The maximum atomic E-state index is 12.0. The Hall–Kier alpha value is -2.27. The van der Waals surface area contributed by atoms with E-state index < -0.39 is 5.60 Å². The largest absolute Gasteiger partial charge is 0.484 e. The van der Waals surface area contributed by atoms with Gasteiger partial charge in [0.25, 0.3) is 5.91 Å². The summed E-state index contributed by atoms with van der Waals surface area (Å²) in [6.45, 7) is 1.97. The Labute approximate surface area is 135 Å². The predicted octanol–water partition coefficient (Wildman–Crippen LogP) is 2.38. The number of furan rings is 1. The van der Waals surface area contributed by atoms with Gasteiger partial charge in [-0.05, 0) is 49.4 Å². The fourth-order valence-electron chi connectivity index (χ4n) is 2.66. The van der Waals surface area contributed by atoms with Crippen molar-refractivity contribution in [2.24, 2.45) is 5.92 Å². The summed E-state index contributed by atoms with van der Waals surface area (Å²) in [7, 11) is 0. The molecule has 122 valence electrons. The van der Waals surface area contributed by atoms with Gasteiger partial charge >= 0.3 is 0 Å². The highest BCUT2D eigenvalue weighted by Gasteiger charge is 2.47. The van der Waals surface area contributed by atoms with Crippen LogP contribution in [0.1, 0.15) is 24.2 Å². The molecule has 23 heavy (non-hydrogen) atoms. The number of carbonyl (C=O) groups excluding carboxylic acids is 1. The third-order valence-electron chi connectivity index (χ3n) is 4.21. The molecule has 0 aliphatic heterocycles. The topological polar surface area (TPSA) is 71.7 Å². The van der Waals surface area contributed by atoms with Crippen LogP contribution in [0.3, 0.4) is 0 Å². The summed E-state index contributed by atoms with van der Waals surface area (Å²) in [4.78, 5) is 12.0. The Balaban J connectivity index is 1.55. The van der Waals surface area contributed by atoms with E-state index in [0.717, 1.165) is 18.4 Å². The molecular weight excluding hydrogens is 294 g/mol. The molecule has 0 spiro atoms. The van der Waals surface area contributed by atoms with Crippen LogP contribution < -0.4 is 10.1 Å². The molecular formula is C18H21NO4. The van der Waals surface area contributed by atoms with Crippen molar-refractivity contribution < 1.29 is 19.1 Å². The minimum absolute atomic E-state index is 0.0796. The van der Waals surface area contributed by atoms with Gasteiger partial charge < -0.3 is 19.6 Å². The smallest absolute Gasteiger partial charge is 0.258 e. The second kappa shape index (κ2) is 6.46. The van der Waals surface area contributed by atoms with Crippen molar-refractivity contribution in [3.63, 3.8) is 0 Å². The number of aryl methyl sites for hydroxylation is 1. The molecule has 0 bridgehead atoms. The number of nitrogens with one attached hydrogen (secondary N) is 1. The second-order valence-corrected chi connectivity index (χ2v) is 6.01. The van der Waals surface area contributed by atoms with Crippen LogP contribution in [0.4, 0.5) is 0 Å². The lowest BCUT2D eigenvalue weighted by Gasteiger charge is -2.26. The van der Waals surface area contributed by atoms with E-state index in [1.807, 2.05) is 31.2 Å². The molecule has 1 fully saturated rings. The van der Waals surface area contributed by atoms with Gasteiger partial charge in [0.1, 0.15) is 17.1 Å². The molecule has 0 saturated heterocycles.